The Morgan fingerprint density at radius 3 is 2.87 bits per heavy atom. The van der Waals surface area contributed by atoms with Gasteiger partial charge in [-0.1, -0.05) is 13.8 Å². The number of carboxylic acids is 1. The van der Waals surface area contributed by atoms with Crippen LogP contribution in [0.3, 0.4) is 0 Å². The van der Waals surface area contributed by atoms with Gasteiger partial charge < -0.3 is 10.4 Å². The molecule has 0 spiro atoms. The van der Waals surface area contributed by atoms with E-state index in [0.717, 1.165) is 32.6 Å². The fraction of sp³-hybridized carbons (Fsp3) is 0.909. The first-order valence-electron chi connectivity index (χ1n) is 5.80. The summed E-state index contributed by atoms with van der Waals surface area (Å²) in [5.74, 6) is -0.0900. The maximum atomic E-state index is 10.8. The molecule has 88 valence electrons. The summed E-state index contributed by atoms with van der Waals surface area (Å²) in [7, 11) is 0. The topological polar surface area (TPSA) is 52.6 Å². The summed E-state index contributed by atoms with van der Waals surface area (Å²) in [6.07, 6.45) is 1.34. The van der Waals surface area contributed by atoms with E-state index < -0.39 is 5.97 Å². The molecule has 4 nitrogen and oxygen atoms in total. The third-order valence-electron chi connectivity index (χ3n) is 2.86. The van der Waals surface area contributed by atoms with Crippen LogP contribution in [-0.4, -0.2) is 48.2 Å². The minimum Gasteiger partial charge on any atom is -0.481 e. The molecular weight excluding hydrogens is 192 g/mol. The average molecular weight is 214 g/mol. The highest BCUT2D eigenvalue weighted by molar-refractivity contribution is 5.67. The van der Waals surface area contributed by atoms with Crippen molar-refractivity contribution >= 4 is 5.97 Å². The predicted molar refractivity (Wildman–Crippen MR) is 59.9 cm³/mol. The Balaban J connectivity index is 2.57. The lowest BCUT2D eigenvalue weighted by Gasteiger charge is -2.29. The zero-order chi connectivity index (χ0) is 11.3. The van der Waals surface area contributed by atoms with Gasteiger partial charge in [0, 0.05) is 19.1 Å². The van der Waals surface area contributed by atoms with Crippen molar-refractivity contribution in [2.24, 2.45) is 5.92 Å². The fourth-order valence-corrected chi connectivity index (χ4v) is 2.20. The summed E-state index contributed by atoms with van der Waals surface area (Å²) in [6, 6.07) is 0.160. The van der Waals surface area contributed by atoms with Gasteiger partial charge in [0.2, 0.25) is 0 Å². The third-order valence-corrected chi connectivity index (χ3v) is 2.86. The second-order valence-corrected chi connectivity index (χ2v) is 4.51. The number of rotatable bonds is 4. The van der Waals surface area contributed by atoms with Crippen molar-refractivity contribution in [1.82, 2.24) is 10.2 Å². The highest BCUT2D eigenvalue weighted by Gasteiger charge is 2.24. The zero-order valence-corrected chi connectivity index (χ0v) is 9.70. The molecule has 2 atom stereocenters. The molecule has 0 aromatic carbocycles. The lowest BCUT2D eigenvalue weighted by molar-refractivity contribution is -0.138. The summed E-state index contributed by atoms with van der Waals surface area (Å²) in [4.78, 5) is 13.1. The van der Waals surface area contributed by atoms with Crippen LogP contribution in [0.25, 0.3) is 0 Å². The summed E-state index contributed by atoms with van der Waals surface area (Å²) < 4.78 is 0. The Hall–Kier alpha value is -0.610. The maximum Gasteiger partial charge on any atom is 0.304 e. The van der Waals surface area contributed by atoms with Gasteiger partial charge in [-0.2, -0.15) is 0 Å². The molecule has 2 unspecified atom stereocenters. The van der Waals surface area contributed by atoms with Crippen molar-refractivity contribution in [3.63, 3.8) is 0 Å². The van der Waals surface area contributed by atoms with Gasteiger partial charge in [0.1, 0.15) is 0 Å². The molecule has 0 aromatic heterocycles. The zero-order valence-electron chi connectivity index (χ0n) is 9.70. The Kier molecular flexibility index (Phi) is 5.05. The first-order chi connectivity index (χ1) is 7.13. The van der Waals surface area contributed by atoms with Crippen molar-refractivity contribution in [2.75, 3.05) is 26.2 Å². The van der Waals surface area contributed by atoms with Crippen LogP contribution < -0.4 is 5.32 Å². The molecule has 1 heterocycles. The lowest BCUT2D eigenvalue weighted by atomic mass is 10.1. The molecule has 0 radical (unpaired) electrons. The molecule has 0 amide bonds. The van der Waals surface area contributed by atoms with E-state index in [1.54, 1.807) is 0 Å². The largest absolute Gasteiger partial charge is 0.481 e. The normalized spacial score (nSPS) is 28.7. The Morgan fingerprint density at radius 2 is 2.27 bits per heavy atom. The molecule has 0 bridgehead atoms. The second-order valence-electron chi connectivity index (χ2n) is 4.51. The molecule has 15 heavy (non-hydrogen) atoms. The lowest BCUT2D eigenvalue weighted by Crippen LogP contribution is -2.42. The maximum absolute atomic E-state index is 10.8. The Bertz CT molecular complexity index is 209. The first-order valence-corrected chi connectivity index (χ1v) is 5.80. The average Bonchev–Trinajstić information content (AvgIpc) is 2.29. The van der Waals surface area contributed by atoms with E-state index in [0.29, 0.717) is 5.92 Å². The van der Waals surface area contributed by atoms with Crippen molar-refractivity contribution in [1.29, 1.82) is 0 Å². The van der Waals surface area contributed by atoms with Gasteiger partial charge >= 0.3 is 5.97 Å². The Labute approximate surface area is 91.6 Å². The van der Waals surface area contributed by atoms with E-state index in [-0.39, 0.29) is 12.5 Å². The number of nitrogens with zero attached hydrogens (tertiary/aromatic N) is 1. The summed E-state index contributed by atoms with van der Waals surface area (Å²) in [6.45, 7) is 8.16. The predicted octanol–water partition coefficient (Wildman–Crippen LogP) is 0.781. The van der Waals surface area contributed by atoms with Gasteiger partial charge in [-0.15, -0.1) is 0 Å². The van der Waals surface area contributed by atoms with Crippen molar-refractivity contribution in [3.8, 4) is 0 Å². The second kappa shape index (κ2) is 6.08. The number of hydrogen-bond donors (Lipinski definition) is 2. The van der Waals surface area contributed by atoms with Crippen LogP contribution in [0.5, 0.6) is 0 Å². The molecule has 1 saturated heterocycles. The van der Waals surface area contributed by atoms with E-state index in [9.17, 15) is 4.79 Å². The van der Waals surface area contributed by atoms with Crippen LogP contribution in [-0.2, 0) is 4.79 Å². The van der Waals surface area contributed by atoms with Crippen LogP contribution in [0.1, 0.15) is 26.7 Å². The summed E-state index contributed by atoms with van der Waals surface area (Å²) in [5, 5.41) is 12.2. The molecular formula is C11H22N2O2. The fourth-order valence-electron chi connectivity index (χ4n) is 2.20. The highest BCUT2D eigenvalue weighted by atomic mass is 16.4. The van der Waals surface area contributed by atoms with Gasteiger partial charge in [0.25, 0.3) is 0 Å². The van der Waals surface area contributed by atoms with E-state index in [1.165, 1.54) is 0 Å². The molecule has 0 aromatic rings. The first kappa shape index (κ1) is 12.5. The number of carboxylic acid groups (broad SMARTS) is 1. The number of hydrogen-bond acceptors (Lipinski definition) is 3. The number of carbonyl (C=O) groups is 1. The molecule has 1 aliphatic heterocycles. The van der Waals surface area contributed by atoms with Crippen molar-refractivity contribution in [2.45, 2.75) is 32.7 Å². The smallest absolute Gasteiger partial charge is 0.304 e. The van der Waals surface area contributed by atoms with E-state index >= 15 is 0 Å². The number of aliphatic carboxylic acids is 1. The molecule has 1 aliphatic rings. The van der Waals surface area contributed by atoms with Gasteiger partial charge in [-0.05, 0) is 25.4 Å². The summed E-state index contributed by atoms with van der Waals surface area (Å²) in [5.41, 5.74) is 0. The van der Waals surface area contributed by atoms with E-state index in [1.807, 2.05) is 0 Å². The SMILES string of the molecule is CCCN1CC(C)CNCC1CC(=O)O. The minimum atomic E-state index is -0.697. The standard InChI is InChI=1S/C11H22N2O2/c1-3-4-13-8-9(2)6-12-7-10(13)5-11(14)15/h9-10,12H,3-8H2,1-2H3,(H,14,15). The number of nitrogens with one attached hydrogen (secondary N) is 1. The molecule has 0 saturated carbocycles. The molecule has 2 N–H and O–H groups in total. The minimum absolute atomic E-state index is 0.160. The molecule has 4 heteroatoms. The van der Waals surface area contributed by atoms with Crippen molar-refractivity contribution in [3.05, 3.63) is 0 Å². The van der Waals surface area contributed by atoms with Gasteiger partial charge in [0.15, 0.2) is 0 Å². The monoisotopic (exact) mass is 214 g/mol. The summed E-state index contributed by atoms with van der Waals surface area (Å²) >= 11 is 0. The Morgan fingerprint density at radius 1 is 1.53 bits per heavy atom. The quantitative estimate of drug-likeness (QED) is 0.726. The van der Waals surface area contributed by atoms with E-state index in [2.05, 4.69) is 24.1 Å². The van der Waals surface area contributed by atoms with Gasteiger partial charge in [-0.25, -0.2) is 0 Å². The highest BCUT2D eigenvalue weighted by Crippen LogP contribution is 2.12. The third kappa shape index (κ3) is 4.18. The molecule has 1 rings (SSSR count). The molecule has 0 aliphatic carbocycles. The van der Waals surface area contributed by atoms with Crippen LogP contribution >= 0.6 is 0 Å². The van der Waals surface area contributed by atoms with Gasteiger partial charge in [-0.3, -0.25) is 9.69 Å². The molecule has 1 fully saturated rings. The van der Waals surface area contributed by atoms with Crippen LogP contribution in [0, 0.1) is 5.92 Å². The van der Waals surface area contributed by atoms with Crippen molar-refractivity contribution < 1.29 is 9.90 Å². The van der Waals surface area contributed by atoms with Crippen LogP contribution in [0.2, 0.25) is 0 Å². The van der Waals surface area contributed by atoms with Gasteiger partial charge in [0.05, 0.1) is 6.42 Å². The van der Waals surface area contributed by atoms with Crippen LogP contribution in [0.4, 0.5) is 0 Å². The van der Waals surface area contributed by atoms with Crippen LogP contribution in [0.15, 0.2) is 0 Å². The van der Waals surface area contributed by atoms with E-state index in [4.69, 9.17) is 5.11 Å².